The summed E-state index contributed by atoms with van der Waals surface area (Å²) in [6, 6.07) is 5.93. The van der Waals surface area contributed by atoms with Crippen molar-refractivity contribution in [2.75, 3.05) is 31.1 Å². The molecule has 2 aliphatic rings. The lowest BCUT2D eigenvalue weighted by molar-refractivity contribution is -0.155. The summed E-state index contributed by atoms with van der Waals surface area (Å²) >= 11 is 0. The van der Waals surface area contributed by atoms with Gasteiger partial charge in [0.15, 0.2) is 0 Å². The fourth-order valence-electron chi connectivity index (χ4n) is 3.63. The zero-order chi connectivity index (χ0) is 18.9. The summed E-state index contributed by atoms with van der Waals surface area (Å²) in [5.74, 6) is -0.753. The minimum absolute atomic E-state index is 0.0373. The van der Waals surface area contributed by atoms with Crippen molar-refractivity contribution in [2.24, 2.45) is 0 Å². The average Bonchev–Trinajstić information content (AvgIpc) is 2.56. The molecule has 3 rings (SSSR count). The Balaban J connectivity index is 1.76. The van der Waals surface area contributed by atoms with Gasteiger partial charge in [-0.2, -0.15) is 0 Å². The number of carbonyl (C=O) groups excluding carboxylic acids is 2. The first-order chi connectivity index (χ1) is 12.2. The van der Waals surface area contributed by atoms with Gasteiger partial charge in [-0.25, -0.2) is 4.39 Å². The van der Waals surface area contributed by atoms with E-state index in [1.165, 1.54) is 17.0 Å². The molecule has 2 fully saturated rings. The largest absolute Gasteiger partial charge is 0.390 e. The Kier molecular flexibility index (Phi) is 5.03. The van der Waals surface area contributed by atoms with Gasteiger partial charge in [-0.1, -0.05) is 6.07 Å². The third-order valence-corrected chi connectivity index (χ3v) is 4.85. The van der Waals surface area contributed by atoms with Crippen molar-refractivity contribution in [1.29, 1.82) is 0 Å². The Morgan fingerprint density at radius 2 is 2.15 bits per heavy atom. The molecule has 1 aromatic rings. The maximum Gasteiger partial charge on any atom is 0.253 e. The summed E-state index contributed by atoms with van der Waals surface area (Å²) in [7, 11) is 0. The molecule has 0 aromatic heterocycles. The number of halogens is 1. The van der Waals surface area contributed by atoms with Gasteiger partial charge in [-0.05, 0) is 44.9 Å². The van der Waals surface area contributed by atoms with Crippen molar-refractivity contribution in [3.63, 3.8) is 0 Å². The van der Waals surface area contributed by atoms with Crippen LogP contribution < -0.4 is 4.90 Å². The van der Waals surface area contributed by atoms with E-state index in [1.54, 1.807) is 30.9 Å². The van der Waals surface area contributed by atoms with Gasteiger partial charge in [0.1, 0.15) is 18.0 Å². The molecule has 2 heterocycles. The molecule has 0 aliphatic carbocycles. The fourth-order valence-corrected chi connectivity index (χ4v) is 3.63. The van der Waals surface area contributed by atoms with E-state index in [0.717, 1.165) is 12.8 Å². The summed E-state index contributed by atoms with van der Waals surface area (Å²) in [5.41, 5.74) is -1.23. The lowest BCUT2D eigenvalue weighted by Gasteiger charge is -2.48. The van der Waals surface area contributed by atoms with Crippen LogP contribution in [0.1, 0.15) is 33.1 Å². The van der Waals surface area contributed by atoms with E-state index in [0.29, 0.717) is 18.8 Å². The Morgan fingerprint density at radius 1 is 1.38 bits per heavy atom. The number of hydrogen-bond acceptors (Lipinski definition) is 4. The predicted molar refractivity (Wildman–Crippen MR) is 94.2 cm³/mol. The third-order valence-electron chi connectivity index (χ3n) is 4.85. The van der Waals surface area contributed by atoms with Gasteiger partial charge in [-0.3, -0.25) is 9.59 Å². The second-order valence-electron chi connectivity index (χ2n) is 7.84. The highest BCUT2D eigenvalue weighted by Crippen LogP contribution is 2.32. The first-order valence-corrected chi connectivity index (χ1v) is 8.88. The van der Waals surface area contributed by atoms with Crippen LogP contribution in [0.2, 0.25) is 0 Å². The molecule has 26 heavy (non-hydrogen) atoms. The molecule has 2 amide bonds. The van der Waals surface area contributed by atoms with Crippen LogP contribution in [-0.2, 0) is 14.3 Å². The van der Waals surface area contributed by atoms with Crippen LogP contribution in [0.15, 0.2) is 24.3 Å². The minimum atomic E-state index is -1.07. The quantitative estimate of drug-likeness (QED) is 0.887. The first kappa shape index (κ1) is 18.8. The van der Waals surface area contributed by atoms with Crippen LogP contribution in [0.25, 0.3) is 0 Å². The van der Waals surface area contributed by atoms with E-state index in [4.69, 9.17) is 4.74 Å². The van der Waals surface area contributed by atoms with Gasteiger partial charge < -0.3 is 19.6 Å². The number of nitrogens with zero attached hydrogens (tertiary/aromatic N) is 2. The summed E-state index contributed by atoms with van der Waals surface area (Å²) < 4.78 is 19.4. The van der Waals surface area contributed by atoms with Crippen molar-refractivity contribution in [3.8, 4) is 0 Å². The number of rotatable bonds is 3. The number of carbonyl (C=O) groups is 2. The first-order valence-electron chi connectivity index (χ1n) is 8.88. The van der Waals surface area contributed by atoms with Gasteiger partial charge in [0.05, 0.1) is 25.1 Å². The monoisotopic (exact) mass is 364 g/mol. The van der Waals surface area contributed by atoms with Crippen molar-refractivity contribution in [3.05, 3.63) is 30.1 Å². The SMILES string of the molecule is CC(C)(O)CC(=O)N1CCCC2(C1)CN(c1cccc(F)c1)C(=O)CO2. The number of hydrogen-bond donors (Lipinski definition) is 1. The second-order valence-corrected chi connectivity index (χ2v) is 7.84. The minimum Gasteiger partial charge on any atom is -0.390 e. The van der Waals surface area contributed by atoms with Crippen LogP contribution in [-0.4, -0.2) is 59.3 Å². The van der Waals surface area contributed by atoms with Crippen LogP contribution >= 0.6 is 0 Å². The Hall–Kier alpha value is -1.99. The van der Waals surface area contributed by atoms with Crippen molar-refractivity contribution >= 4 is 17.5 Å². The smallest absolute Gasteiger partial charge is 0.253 e. The third kappa shape index (κ3) is 4.22. The molecule has 6 nitrogen and oxygen atoms in total. The normalized spacial score (nSPS) is 24.2. The molecule has 142 valence electrons. The number of morpholine rings is 1. The van der Waals surface area contributed by atoms with Gasteiger partial charge in [0.25, 0.3) is 5.91 Å². The maximum absolute atomic E-state index is 13.6. The van der Waals surface area contributed by atoms with E-state index in [1.807, 2.05) is 0 Å². The average molecular weight is 364 g/mol. The number of likely N-dealkylation sites (tertiary alicyclic amines) is 1. The van der Waals surface area contributed by atoms with Gasteiger partial charge in [0, 0.05) is 12.2 Å². The zero-order valence-corrected chi connectivity index (χ0v) is 15.2. The number of ether oxygens (including phenoxy) is 1. The van der Waals surface area contributed by atoms with E-state index in [2.05, 4.69) is 0 Å². The summed E-state index contributed by atoms with van der Waals surface area (Å²) in [4.78, 5) is 28.0. The number of aliphatic hydroxyl groups is 1. The Bertz CT molecular complexity index is 703. The summed E-state index contributed by atoms with van der Waals surface area (Å²) in [5, 5.41) is 9.90. The summed E-state index contributed by atoms with van der Waals surface area (Å²) in [6.45, 7) is 4.36. The molecule has 1 atom stereocenters. The topological polar surface area (TPSA) is 70.1 Å². The van der Waals surface area contributed by atoms with Gasteiger partial charge >= 0.3 is 0 Å². The highest BCUT2D eigenvalue weighted by Gasteiger charge is 2.44. The van der Waals surface area contributed by atoms with E-state index >= 15 is 0 Å². The van der Waals surface area contributed by atoms with Crippen LogP contribution in [0.3, 0.4) is 0 Å². The Morgan fingerprint density at radius 3 is 2.85 bits per heavy atom. The highest BCUT2D eigenvalue weighted by molar-refractivity contribution is 5.95. The molecule has 0 radical (unpaired) electrons. The zero-order valence-electron chi connectivity index (χ0n) is 15.2. The molecule has 0 bridgehead atoms. The maximum atomic E-state index is 13.6. The van der Waals surface area contributed by atoms with E-state index < -0.39 is 17.0 Å². The predicted octanol–water partition coefficient (Wildman–Crippen LogP) is 1.71. The van der Waals surface area contributed by atoms with Crippen molar-refractivity contribution in [2.45, 2.75) is 44.3 Å². The number of anilines is 1. The van der Waals surface area contributed by atoms with Gasteiger partial charge in [-0.15, -0.1) is 0 Å². The highest BCUT2D eigenvalue weighted by atomic mass is 19.1. The van der Waals surface area contributed by atoms with Crippen molar-refractivity contribution in [1.82, 2.24) is 4.90 Å². The standard InChI is InChI=1S/C19H25FN2O4/c1-18(2,25)10-16(23)21-8-4-7-19(12-21)13-22(17(24)11-26-19)15-6-3-5-14(20)9-15/h3,5-6,9,25H,4,7-8,10-13H2,1-2H3. The molecule has 7 heteroatoms. The molecule has 1 spiro atoms. The van der Waals surface area contributed by atoms with E-state index in [9.17, 15) is 19.1 Å². The van der Waals surface area contributed by atoms with Crippen LogP contribution in [0.5, 0.6) is 0 Å². The summed E-state index contributed by atoms with van der Waals surface area (Å²) in [6.07, 6.45) is 1.51. The molecule has 1 unspecified atom stereocenters. The number of piperidine rings is 1. The molecule has 1 N–H and O–H groups in total. The molecular weight excluding hydrogens is 339 g/mol. The molecular formula is C19H25FN2O4. The van der Waals surface area contributed by atoms with Gasteiger partial charge in [0.2, 0.25) is 5.91 Å². The second kappa shape index (κ2) is 6.96. The lowest BCUT2D eigenvalue weighted by atomic mass is 9.89. The molecule has 0 saturated carbocycles. The molecule has 1 aromatic carbocycles. The van der Waals surface area contributed by atoms with Crippen molar-refractivity contribution < 1.29 is 23.8 Å². The number of benzene rings is 1. The molecule has 2 saturated heterocycles. The molecule has 2 aliphatic heterocycles. The van der Waals surface area contributed by atoms with E-state index in [-0.39, 0.29) is 31.4 Å². The fraction of sp³-hybridized carbons (Fsp3) is 0.579. The number of amides is 2. The van der Waals surface area contributed by atoms with Crippen LogP contribution in [0.4, 0.5) is 10.1 Å². The Labute approximate surface area is 152 Å². The van der Waals surface area contributed by atoms with Crippen LogP contribution in [0, 0.1) is 5.82 Å². The lowest BCUT2D eigenvalue weighted by Crippen LogP contribution is -2.62.